The second-order valence-electron chi connectivity index (χ2n) is 4.89. The van der Waals surface area contributed by atoms with Crippen LogP contribution in [-0.4, -0.2) is 21.9 Å². The van der Waals surface area contributed by atoms with Gasteiger partial charge in [0.1, 0.15) is 4.88 Å². The van der Waals surface area contributed by atoms with Crippen molar-refractivity contribution in [2.75, 3.05) is 5.32 Å². The van der Waals surface area contributed by atoms with Crippen molar-refractivity contribution in [1.82, 2.24) is 15.3 Å². The maximum absolute atomic E-state index is 12.2. The van der Waals surface area contributed by atoms with Gasteiger partial charge < -0.3 is 10.6 Å². The average Bonchev–Trinajstić information content (AvgIpc) is 3.19. The zero-order valence-electron chi connectivity index (χ0n) is 11.2. The van der Waals surface area contributed by atoms with Crippen molar-refractivity contribution in [2.24, 2.45) is 0 Å². The lowest BCUT2D eigenvalue weighted by Crippen LogP contribution is -2.22. The molecule has 1 aliphatic rings. The fraction of sp³-hybridized carbons (Fsp3) is 0.357. The van der Waals surface area contributed by atoms with Gasteiger partial charge >= 0.3 is 0 Å². The van der Waals surface area contributed by atoms with Crippen LogP contribution in [0.4, 0.5) is 5.13 Å². The molecule has 0 saturated heterocycles. The molecule has 1 fully saturated rings. The van der Waals surface area contributed by atoms with E-state index in [0.717, 1.165) is 16.4 Å². The van der Waals surface area contributed by atoms with Gasteiger partial charge in [-0.1, -0.05) is 11.3 Å². The molecule has 6 heteroatoms. The molecule has 2 heterocycles. The molecule has 104 valence electrons. The van der Waals surface area contributed by atoms with E-state index in [1.54, 1.807) is 12.4 Å². The van der Waals surface area contributed by atoms with Gasteiger partial charge in [0.2, 0.25) is 0 Å². The Balaban J connectivity index is 1.62. The van der Waals surface area contributed by atoms with Crippen LogP contribution in [0.25, 0.3) is 0 Å². The minimum absolute atomic E-state index is 0.0688. The highest BCUT2D eigenvalue weighted by atomic mass is 32.1. The van der Waals surface area contributed by atoms with Crippen molar-refractivity contribution in [3.05, 3.63) is 40.7 Å². The highest BCUT2D eigenvalue weighted by Crippen LogP contribution is 2.29. The third-order valence-corrected chi connectivity index (χ3v) is 4.20. The summed E-state index contributed by atoms with van der Waals surface area (Å²) in [5.41, 5.74) is 1.82. The van der Waals surface area contributed by atoms with Crippen molar-refractivity contribution in [3.8, 4) is 0 Å². The Kier molecular flexibility index (Phi) is 3.64. The smallest absolute Gasteiger partial charge is 0.263 e. The van der Waals surface area contributed by atoms with Crippen LogP contribution in [-0.2, 0) is 6.54 Å². The van der Waals surface area contributed by atoms with Gasteiger partial charge in [-0.15, -0.1) is 0 Å². The van der Waals surface area contributed by atoms with Crippen molar-refractivity contribution < 1.29 is 4.79 Å². The summed E-state index contributed by atoms with van der Waals surface area (Å²) in [6.45, 7) is 2.38. The van der Waals surface area contributed by atoms with E-state index in [4.69, 9.17) is 0 Å². The molecule has 1 amide bonds. The molecule has 2 N–H and O–H groups in total. The number of carbonyl (C=O) groups excluding carboxylic acids is 1. The van der Waals surface area contributed by atoms with Gasteiger partial charge in [0.05, 0.1) is 5.69 Å². The summed E-state index contributed by atoms with van der Waals surface area (Å²) in [6.07, 6.45) is 5.83. The molecule has 0 atom stereocenters. The Labute approximate surface area is 121 Å². The largest absolute Gasteiger partial charge is 0.359 e. The molecule has 0 bridgehead atoms. The minimum Gasteiger partial charge on any atom is -0.359 e. The summed E-state index contributed by atoms with van der Waals surface area (Å²) in [5.74, 6) is -0.0688. The number of nitrogens with zero attached hydrogens (tertiary/aromatic N) is 2. The number of nitrogens with one attached hydrogen (secondary N) is 2. The van der Waals surface area contributed by atoms with E-state index >= 15 is 0 Å². The van der Waals surface area contributed by atoms with Crippen molar-refractivity contribution in [1.29, 1.82) is 0 Å². The SMILES string of the molecule is Cc1nc(NC2CC2)sc1C(=O)NCc1ccncc1. The number of carbonyl (C=O) groups is 1. The summed E-state index contributed by atoms with van der Waals surface area (Å²) in [4.78, 5) is 21.2. The predicted octanol–water partition coefficient (Wildman–Crippen LogP) is 2.35. The van der Waals surface area contributed by atoms with Gasteiger partial charge in [0, 0.05) is 25.0 Å². The van der Waals surface area contributed by atoms with Crippen LogP contribution in [0.2, 0.25) is 0 Å². The first-order valence-electron chi connectivity index (χ1n) is 6.63. The normalized spacial score (nSPS) is 14.1. The zero-order chi connectivity index (χ0) is 13.9. The highest BCUT2D eigenvalue weighted by molar-refractivity contribution is 7.17. The van der Waals surface area contributed by atoms with Gasteiger partial charge in [-0.05, 0) is 37.5 Å². The topological polar surface area (TPSA) is 66.9 Å². The molecule has 0 radical (unpaired) electrons. The molecule has 0 aliphatic heterocycles. The van der Waals surface area contributed by atoms with Gasteiger partial charge in [-0.3, -0.25) is 9.78 Å². The Bertz CT molecular complexity index is 607. The predicted molar refractivity (Wildman–Crippen MR) is 78.9 cm³/mol. The van der Waals surface area contributed by atoms with E-state index in [9.17, 15) is 4.79 Å². The molecule has 0 aromatic carbocycles. The van der Waals surface area contributed by atoms with Crippen LogP contribution in [0.1, 0.15) is 33.8 Å². The summed E-state index contributed by atoms with van der Waals surface area (Å²) < 4.78 is 0. The summed E-state index contributed by atoms with van der Waals surface area (Å²) in [6, 6.07) is 4.33. The van der Waals surface area contributed by atoms with Crippen LogP contribution in [0.15, 0.2) is 24.5 Å². The first-order chi connectivity index (χ1) is 9.72. The van der Waals surface area contributed by atoms with Gasteiger partial charge in [0.15, 0.2) is 5.13 Å². The van der Waals surface area contributed by atoms with E-state index in [1.807, 2.05) is 19.1 Å². The molecule has 3 rings (SSSR count). The lowest BCUT2D eigenvalue weighted by Gasteiger charge is -2.03. The number of aromatic nitrogens is 2. The second-order valence-corrected chi connectivity index (χ2v) is 5.89. The number of amides is 1. The first-order valence-corrected chi connectivity index (χ1v) is 7.45. The van der Waals surface area contributed by atoms with E-state index in [-0.39, 0.29) is 5.91 Å². The van der Waals surface area contributed by atoms with Gasteiger partial charge in [-0.25, -0.2) is 4.98 Å². The Morgan fingerprint density at radius 3 is 2.85 bits per heavy atom. The Morgan fingerprint density at radius 1 is 1.40 bits per heavy atom. The molecular weight excluding hydrogens is 272 g/mol. The van der Waals surface area contributed by atoms with E-state index in [1.165, 1.54) is 24.2 Å². The highest BCUT2D eigenvalue weighted by Gasteiger charge is 2.23. The van der Waals surface area contributed by atoms with Gasteiger partial charge in [0.25, 0.3) is 5.91 Å². The lowest BCUT2D eigenvalue weighted by atomic mass is 10.2. The monoisotopic (exact) mass is 288 g/mol. The molecular formula is C14H16N4OS. The number of hydrogen-bond acceptors (Lipinski definition) is 5. The maximum atomic E-state index is 12.2. The number of thiazole rings is 1. The second kappa shape index (κ2) is 5.58. The fourth-order valence-corrected chi connectivity index (χ4v) is 2.79. The molecule has 20 heavy (non-hydrogen) atoms. The molecule has 1 saturated carbocycles. The molecule has 5 nitrogen and oxygen atoms in total. The third kappa shape index (κ3) is 3.14. The summed E-state index contributed by atoms with van der Waals surface area (Å²) >= 11 is 1.42. The van der Waals surface area contributed by atoms with Crippen LogP contribution in [0.5, 0.6) is 0 Å². The fourth-order valence-electron chi connectivity index (χ4n) is 1.83. The summed E-state index contributed by atoms with van der Waals surface area (Å²) in [5, 5.41) is 7.09. The quantitative estimate of drug-likeness (QED) is 0.886. The van der Waals surface area contributed by atoms with Crippen LogP contribution >= 0.6 is 11.3 Å². The van der Waals surface area contributed by atoms with Crippen molar-refractivity contribution in [3.63, 3.8) is 0 Å². The van der Waals surface area contributed by atoms with Gasteiger partial charge in [-0.2, -0.15) is 0 Å². The third-order valence-electron chi connectivity index (χ3n) is 3.11. The van der Waals surface area contributed by atoms with Crippen LogP contribution in [0.3, 0.4) is 0 Å². The molecule has 0 unspecified atom stereocenters. The van der Waals surface area contributed by atoms with Crippen LogP contribution in [0, 0.1) is 6.92 Å². The molecule has 0 spiro atoms. The standard InChI is InChI=1S/C14H16N4OS/c1-9-12(20-14(17-9)18-11-2-3-11)13(19)16-8-10-4-6-15-7-5-10/h4-7,11H,2-3,8H2,1H3,(H,16,19)(H,17,18). The summed E-state index contributed by atoms with van der Waals surface area (Å²) in [7, 11) is 0. The van der Waals surface area contributed by atoms with Crippen molar-refractivity contribution in [2.45, 2.75) is 32.4 Å². The average molecular weight is 288 g/mol. The Hall–Kier alpha value is -1.95. The van der Waals surface area contributed by atoms with E-state index in [0.29, 0.717) is 17.5 Å². The van der Waals surface area contributed by atoms with Crippen molar-refractivity contribution >= 4 is 22.4 Å². The number of pyridine rings is 1. The number of aryl methyl sites for hydroxylation is 1. The Morgan fingerprint density at radius 2 is 2.15 bits per heavy atom. The van der Waals surface area contributed by atoms with E-state index < -0.39 is 0 Å². The number of hydrogen-bond donors (Lipinski definition) is 2. The molecule has 2 aromatic heterocycles. The first kappa shape index (κ1) is 13.1. The molecule has 1 aliphatic carbocycles. The number of anilines is 1. The lowest BCUT2D eigenvalue weighted by molar-refractivity contribution is 0.0954. The van der Waals surface area contributed by atoms with E-state index in [2.05, 4.69) is 20.6 Å². The zero-order valence-corrected chi connectivity index (χ0v) is 12.0. The number of rotatable bonds is 5. The van der Waals surface area contributed by atoms with Crippen LogP contribution < -0.4 is 10.6 Å². The minimum atomic E-state index is -0.0688. The molecule has 2 aromatic rings. The maximum Gasteiger partial charge on any atom is 0.263 e.